The molecule has 9 heteroatoms. The monoisotopic (exact) mass is 511 g/mol. The highest BCUT2D eigenvalue weighted by molar-refractivity contribution is 7.89. The van der Waals surface area contributed by atoms with Crippen LogP contribution in [0.3, 0.4) is 0 Å². The number of sulfonamides is 1. The first-order valence-electron chi connectivity index (χ1n) is 11.9. The SMILES string of the molecule is CCOc1ccc(NC(=O)c2ccc(F)c(S(=O)(=O)N3CCN(c4cccc(C)c4)[C@H](C)C3)c2)cc1. The van der Waals surface area contributed by atoms with Crippen LogP contribution in [0.15, 0.2) is 71.6 Å². The van der Waals surface area contributed by atoms with E-state index < -0.39 is 26.6 Å². The molecule has 1 N–H and O–H groups in total. The maximum Gasteiger partial charge on any atom is 0.255 e. The van der Waals surface area contributed by atoms with Crippen LogP contribution in [0.1, 0.15) is 29.8 Å². The van der Waals surface area contributed by atoms with Gasteiger partial charge < -0.3 is 15.0 Å². The number of carbonyl (C=O) groups is 1. The van der Waals surface area contributed by atoms with Crippen molar-refractivity contribution in [1.82, 2.24) is 4.31 Å². The molecule has 1 heterocycles. The predicted molar refractivity (Wildman–Crippen MR) is 139 cm³/mol. The Morgan fingerprint density at radius 3 is 2.50 bits per heavy atom. The van der Waals surface area contributed by atoms with E-state index in [2.05, 4.69) is 16.3 Å². The summed E-state index contributed by atoms with van der Waals surface area (Å²) in [6.07, 6.45) is 0. The second-order valence-electron chi connectivity index (χ2n) is 8.80. The number of carbonyl (C=O) groups excluding carboxylic acids is 1. The highest BCUT2D eigenvalue weighted by Gasteiger charge is 2.34. The number of aryl methyl sites for hydroxylation is 1. The lowest BCUT2D eigenvalue weighted by atomic mass is 10.1. The topological polar surface area (TPSA) is 78.9 Å². The zero-order chi connectivity index (χ0) is 25.9. The molecule has 3 aromatic carbocycles. The fourth-order valence-electron chi connectivity index (χ4n) is 4.32. The number of nitrogens with zero attached hydrogens (tertiary/aromatic N) is 2. The van der Waals surface area contributed by atoms with Crippen molar-refractivity contribution in [3.63, 3.8) is 0 Å². The number of piperazine rings is 1. The van der Waals surface area contributed by atoms with Crippen LogP contribution in [0.2, 0.25) is 0 Å². The lowest BCUT2D eigenvalue weighted by molar-refractivity contribution is 0.102. The summed E-state index contributed by atoms with van der Waals surface area (Å²) < 4.78 is 48.2. The molecule has 0 saturated carbocycles. The second-order valence-corrected chi connectivity index (χ2v) is 10.7. The maximum atomic E-state index is 14.7. The summed E-state index contributed by atoms with van der Waals surface area (Å²) in [6.45, 7) is 7.25. The van der Waals surface area contributed by atoms with Gasteiger partial charge in [-0.3, -0.25) is 4.79 Å². The number of rotatable bonds is 7. The summed E-state index contributed by atoms with van der Waals surface area (Å²) in [5, 5.41) is 2.71. The van der Waals surface area contributed by atoms with Gasteiger partial charge in [-0.25, -0.2) is 12.8 Å². The number of halogens is 1. The molecule has 7 nitrogen and oxygen atoms in total. The fourth-order valence-corrected chi connectivity index (χ4v) is 5.92. The van der Waals surface area contributed by atoms with Gasteiger partial charge in [-0.15, -0.1) is 0 Å². The Labute approximate surface area is 211 Å². The average Bonchev–Trinajstić information content (AvgIpc) is 2.85. The van der Waals surface area contributed by atoms with Gasteiger partial charge in [-0.05, 0) is 80.9 Å². The van der Waals surface area contributed by atoms with Gasteiger partial charge >= 0.3 is 0 Å². The smallest absolute Gasteiger partial charge is 0.255 e. The summed E-state index contributed by atoms with van der Waals surface area (Å²) in [5.41, 5.74) is 2.71. The number of ether oxygens (including phenoxy) is 1. The first kappa shape index (κ1) is 25.7. The van der Waals surface area contributed by atoms with Crippen molar-refractivity contribution in [3.8, 4) is 5.75 Å². The molecule has 36 heavy (non-hydrogen) atoms. The van der Waals surface area contributed by atoms with Crippen LogP contribution in [0.5, 0.6) is 5.75 Å². The van der Waals surface area contributed by atoms with Gasteiger partial charge in [0.2, 0.25) is 10.0 Å². The molecule has 1 amide bonds. The molecule has 190 valence electrons. The van der Waals surface area contributed by atoms with E-state index in [0.717, 1.165) is 23.4 Å². The summed E-state index contributed by atoms with van der Waals surface area (Å²) in [7, 11) is -4.15. The first-order chi connectivity index (χ1) is 17.2. The Hall–Kier alpha value is -3.43. The van der Waals surface area contributed by atoms with Crippen molar-refractivity contribution in [1.29, 1.82) is 0 Å². The molecule has 1 saturated heterocycles. The van der Waals surface area contributed by atoms with Crippen LogP contribution in [0.4, 0.5) is 15.8 Å². The van der Waals surface area contributed by atoms with Crippen LogP contribution in [0.25, 0.3) is 0 Å². The van der Waals surface area contributed by atoms with Crippen LogP contribution in [0, 0.1) is 12.7 Å². The van der Waals surface area contributed by atoms with E-state index in [4.69, 9.17) is 4.74 Å². The van der Waals surface area contributed by atoms with Gasteiger partial charge in [-0.2, -0.15) is 4.31 Å². The van der Waals surface area contributed by atoms with E-state index in [1.165, 1.54) is 10.4 Å². The van der Waals surface area contributed by atoms with Crippen LogP contribution in [-0.2, 0) is 10.0 Å². The Kier molecular flexibility index (Phi) is 7.61. The molecule has 1 atom stereocenters. The molecule has 4 rings (SSSR count). The quantitative estimate of drug-likeness (QED) is 0.498. The van der Waals surface area contributed by atoms with E-state index in [1.54, 1.807) is 24.3 Å². The zero-order valence-corrected chi connectivity index (χ0v) is 21.4. The third-order valence-electron chi connectivity index (χ3n) is 6.16. The largest absolute Gasteiger partial charge is 0.494 e. The molecule has 0 radical (unpaired) electrons. The minimum atomic E-state index is -4.15. The highest BCUT2D eigenvalue weighted by Crippen LogP contribution is 2.27. The van der Waals surface area contributed by atoms with Crippen LogP contribution >= 0.6 is 0 Å². The Balaban J connectivity index is 1.51. The molecule has 3 aromatic rings. The third-order valence-corrected chi connectivity index (χ3v) is 8.04. The molecule has 0 aliphatic carbocycles. The van der Waals surface area contributed by atoms with E-state index in [-0.39, 0.29) is 24.7 Å². The van der Waals surface area contributed by atoms with E-state index >= 15 is 0 Å². The van der Waals surface area contributed by atoms with E-state index in [9.17, 15) is 17.6 Å². The number of benzene rings is 3. The molecule has 0 aromatic heterocycles. The second kappa shape index (κ2) is 10.7. The molecule has 1 fully saturated rings. The highest BCUT2D eigenvalue weighted by atomic mass is 32.2. The summed E-state index contributed by atoms with van der Waals surface area (Å²) in [5.74, 6) is -0.753. The minimum Gasteiger partial charge on any atom is -0.494 e. The van der Waals surface area contributed by atoms with Gasteiger partial charge in [-0.1, -0.05) is 12.1 Å². The summed E-state index contributed by atoms with van der Waals surface area (Å²) >= 11 is 0. The number of amides is 1. The molecule has 0 bridgehead atoms. The van der Waals surface area contributed by atoms with E-state index in [0.29, 0.717) is 24.6 Å². The number of anilines is 2. The predicted octanol–water partition coefficient (Wildman–Crippen LogP) is 4.68. The molecule has 0 spiro atoms. The van der Waals surface area contributed by atoms with Crippen molar-refractivity contribution in [2.45, 2.75) is 31.7 Å². The van der Waals surface area contributed by atoms with Crippen molar-refractivity contribution >= 4 is 27.3 Å². The van der Waals surface area contributed by atoms with E-state index in [1.807, 2.05) is 39.0 Å². The van der Waals surface area contributed by atoms with Crippen molar-refractivity contribution in [3.05, 3.63) is 83.7 Å². The number of hydrogen-bond acceptors (Lipinski definition) is 5. The molecular formula is C27H30FN3O4S. The summed E-state index contributed by atoms with van der Waals surface area (Å²) in [6, 6.07) is 18.1. The first-order valence-corrected chi connectivity index (χ1v) is 13.3. The molecule has 0 unspecified atom stereocenters. The van der Waals surface area contributed by atoms with Gasteiger partial charge in [0.1, 0.15) is 16.5 Å². The number of nitrogens with one attached hydrogen (secondary N) is 1. The summed E-state index contributed by atoms with van der Waals surface area (Å²) in [4.78, 5) is 14.4. The molecule has 1 aliphatic rings. The standard InChI is InChI=1S/C27H30FN3O4S/c1-4-35-24-11-9-22(10-12-24)29-27(32)21-8-13-25(28)26(17-21)36(33,34)30-14-15-31(20(3)18-30)23-7-5-6-19(2)16-23/h5-13,16-17,20H,4,14-15,18H2,1-3H3,(H,29,32)/t20-/m1/s1. The molecule has 1 aliphatic heterocycles. The number of hydrogen-bond donors (Lipinski definition) is 1. The average molecular weight is 512 g/mol. The lowest BCUT2D eigenvalue weighted by Gasteiger charge is -2.40. The lowest BCUT2D eigenvalue weighted by Crippen LogP contribution is -2.53. The van der Waals surface area contributed by atoms with Gasteiger partial charge in [0.05, 0.1) is 6.61 Å². The Morgan fingerprint density at radius 2 is 1.83 bits per heavy atom. The normalized spacial score (nSPS) is 16.6. The van der Waals surface area contributed by atoms with Crippen molar-refractivity contribution in [2.24, 2.45) is 0 Å². The Morgan fingerprint density at radius 1 is 1.08 bits per heavy atom. The van der Waals surface area contributed by atoms with Crippen molar-refractivity contribution in [2.75, 3.05) is 36.5 Å². The minimum absolute atomic E-state index is 0.0512. The maximum absolute atomic E-state index is 14.7. The molecular weight excluding hydrogens is 481 g/mol. The van der Waals surface area contributed by atoms with Crippen LogP contribution < -0.4 is 15.0 Å². The fraction of sp³-hybridized carbons (Fsp3) is 0.296. The van der Waals surface area contributed by atoms with Crippen molar-refractivity contribution < 1.29 is 22.3 Å². The van der Waals surface area contributed by atoms with Gasteiger partial charge in [0.15, 0.2) is 0 Å². The third kappa shape index (κ3) is 5.52. The van der Waals surface area contributed by atoms with Gasteiger partial charge in [0, 0.05) is 42.6 Å². The Bertz CT molecular complexity index is 1350. The zero-order valence-electron chi connectivity index (χ0n) is 20.6. The van der Waals surface area contributed by atoms with Gasteiger partial charge in [0.25, 0.3) is 5.91 Å². The van der Waals surface area contributed by atoms with Crippen LogP contribution in [-0.4, -0.2) is 50.9 Å².